The van der Waals surface area contributed by atoms with E-state index >= 15 is 0 Å². The highest BCUT2D eigenvalue weighted by Gasteiger charge is 2.20. The number of sulfone groups is 1. The van der Waals surface area contributed by atoms with Crippen LogP contribution in [0.1, 0.15) is 48.9 Å². The second kappa shape index (κ2) is 12.2. The highest BCUT2D eigenvalue weighted by molar-refractivity contribution is 7.92. The second-order valence-electron chi connectivity index (χ2n) is 7.96. The molecule has 0 radical (unpaired) electrons. The van der Waals surface area contributed by atoms with Crippen LogP contribution < -0.4 is 15.4 Å². The lowest BCUT2D eigenvalue weighted by Gasteiger charge is -2.19. The van der Waals surface area contributed by atoms with Crippen LogP contribution in [0.15, 0.2) is 53.4 Å². The molecule has 3 N–H and O–H groups in total. The summed E-state index contributed by atoms with van der Waals surface area (Å²) in [5, 5.41) is 2.70. The van der Waals surface area contributed by atoms with Crippen molar-refractivity contribution in [1.82, 2.24) is 0 Å². The molecule has 10 heteroatoms. The Morgan fingerprint density at radius 1 is 0.879 bits per heavy atom. The number of nitrogens with two attached hydrogens (primary N) is 1. The zero-order valence-electron chi connectivity index (χ0n) is 19.2. The number of para-hydroxylation sites is 1. The summed E-state index contributed by atoms with van der Waals surface area (Å²) in [4.78, 5) is 13.0. The minimum absolute atomic E-state index is 0.0841. The molecule has 0 heterocycles. The number of anilines is 2. The number of benzene rings is 2. The molecule has 2 aromatic carbocycles. The van der Waals surface area contributed by atoms with Gasteiger partial charge in [-0.15, -0.1) is 0 Å². The fraction of sp³-hybridized carbons (Fsp3) is 0.435. The third-order valence-corrected chi connectivity index (χ3v) is 8.33. The highest BCUT2D eigenvalue weighted by atomic mass is 32.2. The number of hydrogen-bond acceptors (Lipinski definition) is 6. The molecule has 2 rings (SSSR count). The van der Waals surface area contributed by atoms with Gasteiger partial charge in [0.25, 0.3) is 5.91 Å². The van der Waals surface area contributed by atoms with Gasteiger partial charge in [0.1, 0.15) is 0 Å². The highest BCUT2D eigenvalue weighted by Crippen LogP contribution is 2.23. The quantitative estimate of drug-likeness (QED) is 0.410. The number of sulfonamides is 1. The van der Waals surface area contributed by atoms with Gasteiger partial charge in [-0.2, -0.15) is 0 Å². The first-order valence-electron chi connectivity index (χ1n) is 10.9. The van der Waals surface area contributed by atoms with E-state index in [1.165, 1.54) is 37.4 Å². The number of nitrogens with zero attached hydrogens (tertiary/aromatic N) is 1. The Hall–Kier alpha value is -2.43. The van der Waals surface area contributed by atoms with Crippen LogP contribution in [0.5, 0.6) is 0 Å². The van der Waals surface area contributed by atoms with Crippen molar-refractivity contribution in [3.05, 3.63) is 54.1 Å². The van der Waals surface area contributed by atoms with Gasteiger partial charge in [0.2, 0.25) is 10.0 Å². The Balaban J connectivity index is 2.00. The van der Waals surface area contributed by atoms with E-state index in [2.05, 4.69) is 5.32 Å². The molecule has 8 nitrogen and oxygen atoms in total. The van der Waals surface area contributed by atoms with E-state index in [1.807, 2.05) is 0 Å². The molecule has 33 heavy (non-hydrogen) atoms. The summed E-state index contributed by atoms with van der Waals surface area (Å²) in [6, 6.07) is 12.4. The molecule has 0 aliphatic carbocycles. The van der Waals surface area contributed by atoms with E-state index in [-0.39, 0.29) is 21.9 Å². The standard InChI is InChI=1S/C23H33N3O5S2/c1-26(32(2,28)29)22-12-8-7-11-21(22)23(27)25-19-13-15-20(16-14-19)33(30,31)18-10-6-4-3-5-9-17-24/h7-8,11-16H,3-6,9-10,17-18,24H2,1-2H3,(H,25,27). The monoisotopic (exact) mass is 495 g/mol. The van der Waals surface area contributed by atoms with Crippen molar-refractivity contribution in [3.63, 3.8) is 0 Å². The van der Waals surface area contributed by atoms with E-state index in [0.717, 1.165) is 42.7 Å². The van der Waals surface area contributed by atoms with Crippen molar-refractivity contribution in [2.45, 2.75) is 43.4 Å². The third kappa shape index (κ3) is 8.13. The molecule has 0 aliphatic heterocycles. The molecule has 0 saturated carbocycles. The maximum absolute atomic E-state index is 12.8. The number of hydrogen-bond donors (Lipinski definition) is 2. The lowest BCUT2D eigenvalue weighted by Crippen LogP contribution is -2.27. The van der Waals surface area contributed by atoms with Crippen LogP contribution in [-0.2, 0) is 19.9 Å². The van der Waals surface area contributed by atoms with Gasteiger partial charge in [0.05, 0.1) is 28.2 Å². The molecular formula is C23H33N3O5S2. The van der Waals surface area contributed by atoms with Crippen LogP contribution in [0.4, 0.5) is 11.4 Å². The molecule has 1 amide bonds. The summed E-state index contributed by atoms with van der Waals surface area (Å²) in [6.45, 7) is 0.690. The smallest absolute Gasteiger partial charge is 0.257 e. The number of rotatable bonds is 13. The summed E-state index contributed by atoms with van der Waals surface area (Å²) >= 11 is 0. The Morgan fingerprint density at radius 2 is 1.45 bits per heavy atom. The largest absolute Gasteiger partial charge is 0.330 e. The fourth-order valence-electron chi connectivity index (χ4n) is 3.32. The van der Waals surface area contributed by atoms with Gasteiger partial charge in [0, 0.05) is 12.7 Å². The first-order valence-corrected chi connectivity index (χ1v) is 14.4. The fourth-order valence-corrected chi connectivity index (χ4v) is 5.21. The van der Waals surface area contributed by atoms with Crippen molar-refractivity contribution >= 4 is 37.1 Å². The number of carbonyl (C=O) groups excluding carboxylic acids is 1. The van der Waals surface area contributed by atoms with Crippen LogP contribution in [0.25, 0.3) is 0 Å². The summed E-state index contributed by atoms with van der Waals surface area (Å²) < 4.78 is 49.9. The molecule has 0 spiro atoms. The van der Waals surface area contributed by atoms with Crippen LogP contribution in [-0.4, -0.2) is 48.3 Å². The Labute approximate surface area is 197 Å². The predicted molar refractivity (Wildman–Crippen MR) is 133 cm³/mol. The van der Waals surface area contributed by atoms with Crippen LogP contribution in [0.3, 0.4) is 0 Å². The van der Waals surface area contributed by atoms with Crippen molar-refractivity contribution in [1.29, 1.82) is 0 Å². The molecule has 0 fully saturated rings. The van der Waals surface area contributed by atoms with Gasteiger partial charge in [-0.3, -0.25) is 9.10 Å². The SMILES string of the molecule is CN(c1ccccc1C(=O)Nc1ccc(S(=O)(=O)CCCCCCCCN)cc1)S(C)(=O)=O. The van der Waals surface area contributed by atoms with Crippen molar-refractivity contribution in [2.75, 3.05) is 35.2 Å². The lowest BCUT2D eigenvalue weighted by atomic mass is 10.1. The Morgan fingerprint density at radius 3 is 2.06 bits per heavy atom. The first-order chi connectivity index (χ1) is 15.6. The minimum atomic E-state index is -3.54. The minimum Gasteiger partial charge on any atom is -0.330 e. The molecule has 0 aromatic heterocycles. The number of amides is 1. The predicted octanol–water partition coefficient (Wildman–Crippen LogP) is 3.41. The maximum atomic E-state index is 12.8. The summed E-state index contributed by atoms with van der Waals surface area (Å²) in [7, 11) is -5.56. The van der Waals surface area contributed by atoms with Crippen molar-refractivity contribution in [3.8, 4) is 0 Å². The molecule has 0 unspecified atom stereocenters. The Kier molecular flexibility index (Phi) is 9.87. The summed E-state index contributed by atoms with van der Waals surface area (Å²) in [5.41, 5.74) is 6.32. The van der Waals surface area contributed by atoms with E-state index < -0.39 is 25.8 Å². The van der Waals surface area contributed by atoms with E-state index in [4.69, 9.17) is 5.73 Å². The number of nitrogens with one attached hydrogen (secondary N) is 1. The first kappa shape index (κ1) is 26.8. The topological polar surface area (TPSA) is 127 Å². The molecule has 0 atom stereocenters. The third-order valence-electron chi connectivity index (χ3n) is 5.32. The van der Waals surface area contributed by atoms with Gasteiger partial charge in [0.15, 0.2) is 9.84 Å². The van der Waals surface area contributed by atoms with E-state index in [9.17, 15) is 21.6 Å². The number of unbranched alkanes of at least 4 members (excludes halogenated alkanes) is 5. The van der Waals surface area contributed by atoms with Crippen molar-refractivity contribution < 1.29 is 21.6 Å². The average molecular weight is 496 g/mol. The van der Waals surface area contributed by atoms with Gasteiger partial charge in [-0.05, 0) is 55.8 Å². The van der Waals surface area contributed by atoms with Gasteiger partial charge >= 0.3 is 0 Å². The number of carbonyl (C=O) groups is 1. The molecule has 0 aliphatic rings. The molecule has 0 saturated heterocycles. The molecule has 182 valence electrons. The molecule has 0 bridgehead atoms. The maximum Gasteiger partial charge on any atom is 0.257 e. The average Bonchev–Trinajstić information content (AvgIpc) is 2.77. The normalized spacial score (nSPS) is 11.8. The van der Waals surface area contributed by atoms with Crippen LogP contribution in [0.2, 0.25) is 0 Å². The van der Waals surface area contributed by atoms with Gasteiger partial charge < -0.3 is 11.1 Å². The molecule has 2 aromatic rings. The van der Waals surface area contributed by atoms with Gasteiger partial charge in [-0.25, -0.2) is 16.8 Å². The molecular weight excluding hydrogens is 462 g/mol. The van der Waals surface area contributed by atoms with Crippen LogP contribution >= 0.6 is 0 Å². The zero-order valence-corrected chi connectivity index (χ0v) is 20.8. The zero-order chi connectivity index (χ0) is 24.5. The summed E-state index contributed by atoms with van der Waals surface area (Å²) in [5.74, 6) is -0.410. The Bertz CT molecular complexity index is 1130. The summed E-state index contributed by atoms with van der Waals surface area (Å²) in [6.07, 6.45) is 6.66. The van der Waals surface area contributed by atoms with Crippen LogP contribution in [0, 0.1) is 0 Å². The second-order valence-corrected chi connectivity index (χ2v) is 12.1. The lowest BCUT2D eigenvalue weighted by molar-refractivity contribution is 0.102. The van der Waals surface area contributed by atoms with E-state index in [0.29, 0.717) is 18.7 Å². The van der Waals surface area contributed by atoms with Gasteiger partial charge in [-0.1, -0.05) is 37.8 Å². The van der Waals surface area contributed by atoms with E-state index in [1.54, 1.807) is 18.2 Å². The van der Waals surface area contributed by atoms with Crippen molar-refractivity contribution in [2.24, 2.45) is 5.73 Å².